The van der Waals surface area contributed by atoms with Gasteiger partial charge in [-0.25, -0.2) is 8.78 Å². The van der Waals surface area contributed by atoms with E-state index in [0.717, 1.165) is 29.5 Å². The average Bonchev–Trinajstić information content (AvgIpc) is 2.51. The molecular weight excluding hydrogens is 288 g/mol. The summed E-state index contributed by atoms with van der Waals surface area (Å²) in [5, 5.41) is 3.65. The second-order valence-electron chi connectivity index (χ2n) is 5.85. The lowest BCUT2D eigenvalue weighted by atomic mass is 9.84. The molecule has 0 bridgehead atoms. The van der Waals surface area contributed by atoms with Crippen LogP contribution in [0, 0.1) is 17.6 Å². The molecule has 1 N–H and O–H groups in total. The molecule has 1 aliphatic carbocycles. The summed E-state index contributed by atoms with van der Waals surface area (Å²) in [6.07, 6.45) is 7.71. The van der Waals surface area contributed by atoms with Crippen molar-refractivity contribution in [2.24, 2.45) is 5.92 Å². The largest absolute Gasteiger partial charge is 0.313 e. The first kappa shape index (κ1) is 16.8. The van der Waals surface area contributed by atoms with E-state index in [9.17, 15) is 8.78 Å². The van der Waals surface area contributed by atoms with E-state index in [-0.39, 0.29) is 0 Å². The summed E-state index contributed by atoms with van der Waals surface area (Å²) >= 11 is 1.63. The predicted octanol–water partition coefficient (Wildman–Crippen LogP) is 5.01. The first-order valence-electron chi connectivity index (χ1n) is 8.02. The Bertz CT molecular complexity index is 433. The molecule has 0 amide bonds. The van der Waals surface area contributed by atoms with Crippen molar-refractivity contribution in [1.82, 2.24) is 5.32 Å². The summed E-state index contributed by atoms with van der Waals surface area (Å²) in [6, 6.07) is 4.66. The number of rotatable bonds is 7. The smallest absolute Gasteiger partial charge is 0.159 e. The minimum absolute atomic E-state index is 0.475. The van der Waals surface area contributed by atoms with E-state index in [2.05, 4.69) is 12.2 Å². The lowest BCUT2D eigenvalue weighted by Gasteiger charge is -2.31. The number of hydrogen-bond acceptors (Lipinski definition) is 2. The maximum absolute atomic E-state index is 13.3. The van der Waals surface area contributed by atoms with Crippen LogP contribution in [0.4, 0.5) is 8.78 Å². The van der Waals surface area contributed by atoms with Crippen LogP contribution in [0.15, 0.2) is 23.1 Å². The van der Waals surface area contributed by atoms with E-state index < -0.39 is 11.6 Å². The van der Waals surface area contributed by atoms with Crippen molar-refractivity contribution in [3.8, 4) is 0 Å². The number of hydrogen-bond donors (Lipinski definition) is 1. The maximum atomic E-state index is 13.3. The number of thioether (sulfide) groups is 1. The highest BCUT2D eigenvalue weighted by Gasteiger charge is 2.23. The zero-order chi connectivity index (χ0) is 15.1. The van der Waals surface area contributed by atoms with Crippen LogP contribution in [0.5, 0.6) is 0 Å². The Labute approximate surface area is 130 Å². The summed E-state index contributed by atoms with van der Waals surface area (Å²) in [5.41, 5.74) is 0. The fraction of sp³-hybridized carbons (Fsp3) is 0.647. The summed E-state index contributed by atoms with van der Waals surface area (Å²) in [4.78, 5) is 0.813. The number of benzene rings is 1. The maximum Gasteiger partial charge on any atom is 0.159 e. The van der Waals surface area contributed by atoms with E-state index in [1.54, 1.807) is 17.8 Å². The first-order valence-corrected chi connectivity index (χ1v) is 9.00. The Morgan fingerprint density at radius 1 is 1.19 bits per heavy atom. The van der Waals surface area contributed by atoms with Gasteiger partial charge in [0, 0.05) is 16.7 Å². The average molecular weight is 313 g/mol. The van der Waals surface area contributed by atoms with E-state index in [0.29, 0.717) is 6.04 Å². The number of nitrogens with one attached hydrogen (secondary N) is 1. The Morgan fingerprint density at radius 3 is 2.62 bits per heavy atom. The molecule has 0 saturated heterocycles. The van der Waals surface area contributed by atoms with Gasteiger partial charge in [-0.2, -0.15) is 0 Å². The molecule has 1 nitrogen and oxygen atoms in total. The predicted molar refractivity (Wildman–Crippen MR) is 85.7 cm³/mol. The van der Waals surface area contributed by atoms with E-state index in [4.69, 9.17) is 0 Å². The molecular formula is C17H25F2NS. The molecule has 1 fully saturated rings. The zero-order valence-electron chi connectivity index (χ0n) is 12.7. The first-order chi connectivity index (χ1) is 10.2. The van der Waals surface area contributed by atoms with Crippen LogP contribution in [0.3, 0.4) is 0 Å². The van der Waals surface area contributed by atoms with Gasteiger partial charge in [0.15, 0.2) is 11.6 Å². The fourth-order valence-electron chi connectivity index (χ4n) is 2.98. The third kappa shape index (κ3) is 5.26. The molecule has 1 aromatic rings. The summed E-state index contributed by atoms with van der Waals surface area (Å²) in [5.74, 6) is 0.126. The Kier molecular flexibility index (Phi) is 6.97. The highest BCUT2D eigenvalue weighted by molar-refractivity contribution is 7.99. The Balaban J connectivity index is 1.92. The van der Waals surface area contributed by atoms with Crippen molar-refractivity contribution in [2.75, 3.05) is 12.3 Å². The third-order valence-electron chi connectivity index (χ3n) is 4.20. The van der Waals surface area contributed by atoms with Crippen molar-refractivity contribution >= 4 is 11.8 Å². The quantitative estimate of drug-likeness (QED) is 0.711. The zero-order valence-corrected chi connectivity index (χ0v) is 13.5. The Morgan fingerprint density at radius 2 is 1.95 bits per heavy atom. The van der Waals surface area contributed by atoms with Gasteiger partial charge in [-0.15, -0.1) is 11.8 Å². The van der Waals surface area contributed by atoms with Crippen LogP contribution < -0.4 is 5.32 Å². The third-order valence-corrected chi connectivity index (χ3v) is 5.31. The number of halogens is 2. The SMILES string of the molecule is CCCNC(CSc1ccc(F)c(F)c1)C1CCCCC1. The van der Waals surface area contributed by atoms with Gasteiger partial charge in [-0.1, -0.05) is 26.2 Å². The van der Waals surface area contributed by atoms with Gasteiger partial charge in [0.1, 0.15) is 0 Å². The van der Waals surface area contributed by atoms with Gasteiger partial charge in [0.05, 0.1) is 0 Å². The normalized spacial score (nSPS) is 17.9. The van der Waals surface area contributed by atoms with Crippen molar-refractivity contribution < 1.29 is 8.78 Å². The van der Waals surface area contributed by atoms with E-state index in [1.165, 1.54) is 44.2 Å². The molecule has 1 aliphatic rings. The minimum atomic E-state index is -0.771. The fourth-order valence-corrected chi connectivity index (χ4v) is 4.09. The van der Waals surface area contributed by atoms with Gasteiger partial charge in [0.2, 0.25) is 0 Å². The minimum Gasteiger partial charge on any atom is -0.313 e. The summed E-state index contributed by atoms with van der Waals surface area (Å²) in [7, 11) is 0. The van der Waals surface area contributed by atoms with Crippen LogP contribution in [0.1, 0.15) is 45.4 Å². The molecule has 2 rings (SSSR count). The standard InChI is InChI=1S/C17H25F2NS/c1-2-10-20-17(13-6-4-3-5-7-13)12-21-14-8-9-15(18)16(19)11-14/h8-9,11,13,17,20H,2-7,10,12H2,1H3. The van der Waals surface area contributed by atoms with Crippen molar-refractivity contribution in [3.63, 3.8) is 0 Å². The van der Waals surface area contributed by atoms with Gasteiger partial charge in [0.25, 0.3) is 0 Å². The van der Waals surface area contributed by atoms with Gasteiger partial charge in [-0.05, 0) is 49.9 Å². The molecule has 4 heteroatoms. The van der Waals surface area contributed by atoms with Gasteiger partial charge >= 0.3 is 0 Å². The van der Waals surface area contributed by atoms with Crippen LogP contribution in [0.2, 0.25) is 0 Å². The molecule has 1 atom stereocenters. The second kappa shape index (κ2) is 8.74. The van der Waals surface area contributed by atoms with Crippen molar-refractivity contribution in [2.45, 2.75) is 56.4 Å². The van der Waals surface area contributed by atoms with Crippen molar-refractivity contribution in [3.05, 3.63) is 29.8 Å². The lowest BCUT2D eigenvalue weighted by molar-refractivity contribution is 0.285. The molecule has 0 spiro atoms. The highest BCUT2D eigenvalue weighted by atomic mass is 32.2. The van der Waals surface area contributed by atoms with Crippen LogP contribution >= 0.6 is 11.8 Å². The van der Waals surface area contributed by atoms with E-state index in [1.807, 2.05) is 0 Å². The van der Waals surface area contributed by atoms with Crippen LogP contribution in [0.25, 0.3) is 0 Å². The van der Waals surface area contributed by atoms with Crippen LogP contribution in [-0.4, -0.2) is 18.3 Å². The summed E-state index contributed by atoms with van der Waals surface area (Å²) < 4.78 is 26.2. The molecule has 1 saturated carbocycles. The molecule has 0 radical (unpaired) electrons. The van der Waals surface area contributed by atoms with Gasteiger partial charge in [-0.3, -0.25) is 0 Å². The Hall–Kier alpha value is -0.610. The highest BCUT2D eigenvalue weighted by Crippen LogP contribution is 2.30. The topological polar surface area (TPSA) is 12.0 Å². The molecule has 118 valence electrons. The molecule has 1 unspecified atom stereocenters. The molecule has 21 heavy (non-hydrogen) atoms. The molecule has 0 aliphatic heterocycles. The lowest BCUT2D eigenvalue weighted by Crippen LogP contribution is -2.39. The summed E-state index contributed by atoms with van der Waals surface area (Å²) in [6.45, 7) is 3.20. The van der Waals surface area contributed by atoms with Crippen LogP contribution in [-0.2, 0) is 0 Å². The van der Waals surface area contributed by atoms with Gasteiger partial charge < -0.3 is 5.32 Å². The second-order valence-corrected chi connectivity index (χ2v) is 6.94. The molecule has 0 aromatic heterocycles. The molecule has 1 aromatic carbocycles. The van der Waals surface area contributed by atoms with E-state index >= 15 is 0 Å². The van der Waals surface area contributed by atoms with Crippen molar-refractivity contribution in [1.29, 1.82) is 0 Å². The molecule has 0 heterocycles. The monoisotopic (exact) mass is 313 g/mol.